The SMILES string of the molecule is Cc1cc(C)n(Cc2cccc(CNC(=O)CSc3ccc([N+](=O)[O-])cc3)c2)n1. The number of nitro benzene ring substituents is 1. The first kappa shape index (κ1) is 20.6. The molecular weight excluding hydrogens is 388 g/mol. The van der Waals surface area contributed by atoms with Crippen molar-refractivity contribution < 1.29 is 9.72 Å². The standard InChI is InChI=1S/C21H22N4O3S/c1-15-10-16(2)24(23-15)13-18-5-3-4-17(11-18)12-22-21(26)14-29-20-8-6-19(7-9-20)25(27)28/h3-11H,12-14H2,1-2H3,(H,22,26). The van der Waals surface area contributed by atoms with Gasteiger partial charge in [0.05, 0.1) is 22.9 Å². The Morgan fingerprint density at radius 2 is 1.86 bits per heavy atom. The van der Waals surface area contributed by atoms with Crippen molar-refractivity contribution in [3.8, 4) is 0 Å². The van der Waals surface area contributed by atoms with E-state index in [0.29, 0.717) is 13.1 Å². The first-order valence-electron chi connectivity index (χ1n) is 9.13. The molecule has 150 valence electrons. The Hall–Kier alpha value is -3.13. The Kier molecular flexibility index (Phi) is 6.66. The molecule has 0 aliphatic rings. The van der Waals surface area contributed by atoms with Crippen LogP contribution >= 0.6 is 11.8 Å². The van der Waals surface area contributed by atoms with Crippen molar-refractivity contribution in [3.05, 3.63) is 87.2 Å². The number of hydrogen-bond donors (Lipinski definition) is 1. The Morgan fingerprint density at radius 3 is 2.52 bits per heavy atom. The second kappa shape index (κ2) is 9.38. The van der Waals surface area contributed by atoms with Crippen LogP contribution in [-0.4, -0.2) is 26.4 Å². The van der Waals surface area contributed by atoms with E-state index in [9.17, 15) is 14.9 Å². The van der Waals surface area contributed by atoms with Gasteiger partial charge in [0.1, 0.15) is 0 Å². The van der Waals surface area contributed by atoms with Gasteiger partial charge >= 0.3 is 0 Å². The van der Waals surface area contributed by atoms with Crippen LogP contribution in [0.25, 0.3) is 0 Å². The van der Waals surface area contributed by atoms with E-state index in [1.165, 1.54) is 23.9 Å². The minimum absolute atomic E-state index is 0.0409. The number of carbonyl (C=O) groups is 1. The van der Waals surface area contributed by atoms with Gasteiger partial charge in [-0.2, -0.15) is 5.10 Å². The van der Waals surface area contributed by atoms with Crippen molar-refractivity contribution in [2.45, 2.75) is 31.8 Å². The molecule has 1 amide bonds. The van der Waals surface area contributed by atoms with Crippen LogP contribution in [0, 0.1) is 24.0 Å². The molecule has 0 aliphatic carbocycles. The van der Waals surface area contributed by atoms with Crippen LogP contribution in [0.2, 0.25) is 0 Å². The van der Waals surface area contributed by atoms with Crippen molar-refractivity contribution in [2.24, 2.45) is 0 Å². The topological polar surface area (TPSA) is 90.1 Å². The molecule has 3 rings (SSSR count). The highest BCUT2D eigenvalue weighted by Crippen LogP contribution is 2.21. The number of carbonyl (C=O) groups excluding carboxylic acids is 1. The van der Waals surface area contributed by atoms with Gasteiger partial charge < -0.3 is 5.32 Å². The van der Waals surface area contributed by atoms with Crippen LogP contribution < -0.4 is 5.32 Å². The molecule has 3 aromatic rings. The molecule has 0 fully saturated rings. The summed E-state index contributed by atoms with van der Waals surface area (Å²) in [6.45, 7) is 5.15. The van der Waals surface area contributed by atoms with Gasteiger partial charge in [-0.15, -0.1) is 11.8 Å². The van der Waals surface area contributed by atoms with E-state index in [1.54, 1.807) is 12.1 Å². The third kappa shape index (κ3) is 5.92. The lowest BCUT2D eigenvalue weighted by molar-refractivity contribution is -0.384. The molecule has 2 aromatic carbocycles. The van der Waals surface area contributed by atoms with Gasteiger partial charge in [0.25, 0.3) is 5.69 Å². The summed E-state index contributed by atoms with van der Waals surface area (Å²) in [6, 6.07) is 16.3. The number of nitrogens with one attached hydrogen (secondary N) is 1. The zero-order chi connectivity index (χ0) is 20.8. The van der Waals surface area contributed by atoms with Gasteiger partial charge in [-0.3, -0.25) is 19.6 Å². The molecule has 0 spiro atoms. The van der Waals surface area contributed by atoms with Crippen LogP contribution in [0.5, 0.6) is 0 Å². The number of hydrogen-bond acceptors (Lipinski definition) is 5. The first-order valence-corrected chi connectivity index (χ1v) is 10.1. The fourth-order valence-electron chi connectivity index (χ4n) is 2.91. The highest BCUT2D eigenvalue weighted by Gasteiger charge is 2.07. The molecule has 1 N–H and O–H groups in total. The van der Waals surface area contributed by atoms with Crippen molar-refractivity contribution in [1.29, 1.82) is 0 Å². The summed E-state index contributed by atoms with van der Waals surface area (Å²) < 4.78 is 1.97. The minimum atomic E-state index is -0.440. The predicted molar refractivity (Wildman–Crippen MR) is 113 cm³/mol. The van der Waals surface area contributed by atoms with Gasteiger partial charge in [-0.25, -0.2) is 0 Å². The van der Waals surface area contributed by atoms with Crippen molar-refractivity contribution in [1.82, 2.24) is 15.1 Å². The molecule has 0 bridgehead atoms. The number of non-ortho nitro benzene ring substituents is 1. The maximum Gasteiger partial charge on any atom is 0.269 e. The maximum absolute atomic E-state index is 12.1. The van der Waals surface area contributed by atoms with E-state index in [1.807, 2.05) is 42.8 Å². The summed E-state index contributed by atoms with van der Waals surface area (Å²) in [6.07, 6.45) is 0. The Morgan fingerprint density at radius 1 is 1.14 bits per heavy atom. The largest absolute Gasteiger partial charge is 0.351 e. The molecule has 8 heteroatoms. The van der Waals surface area contributed by atoms with Gasteiger partial charge in [0, 0.05) is 29.3 Å². The van der Waals surface area contributed by atoms with E-state index < -0.39 is 4.92 Å². The Balaban J connectivity index is 1.49. The van der Waals surface area contributed by atoms with Gasteiger partial charge in [-0.1, -0.05) is 24.3 Å². The molecule has 0 atom stereocenters. The zero-order valence-corrected chi connectivity index (χ0v) is 17.1. The summed E-state index contributed by atoms with van der Waals surface area (Å²) in [4.78, 5) is 23.2. The second-order valence-electron chi connectivity index (χ2n) is 6.72. The van der Waals surface area contributed by atoms with Crippen molar-refractivity contribution in [3.63, 3.8) is 0 Å². The van der Waals surface area contributed by atoms with Crippen LogP contribution in [-0.2, 0) is 17.9 Å². The van der Waals surface area contributed by atoms with Crippen LogP contribution in [0.1, 0.15) is 22.5 Å². The summed E-state index contributed by atoms with van der Waals surface area (Å²) in [5, 5.41) is 18.1. The molecule has 0 radical (unpaired) electrons. The quantitative estimate of drug-likeness (QED) is 0.346. The third-order valence-corrected chi connectivity index (χ3v) is 5.35. The number of aryl methyl sites for hydroxylation is 2. The molecule has 0 unspecified atom stereocenters. The lowest BCUT2D eigenvalue weighted by atomic mass is 10.1. The monoisotopic (exact) mass is 410 g/mol. The summed E-state index contributed by atoms with van der Waals surface area (Å²) in [5.41, 5.74) is 4.31. The Labute approximate surface area is 173 Å². The number of nitro groups is 1. The van der Waals surface area contributed by atoms with Gasteiger partial charge in [0.2, 0.25) is 5.91 Å². The molecule has 0 aliphatic heterocycles. The molecule has 29 heavy (non-hydrogen) atoms. The third-order valence-electron chi connectivity index (χ3n) is 4.33. The lowest BCUT2D eigenvalue weighted by Crippen LogP contribution is -2.24. The summed E-state index contributed by atoms with van der Waals surface area (Å²) in [7, 11) is 0. The molecule has 0 saturated heterocycles. The molecule has 0 saturated carbocycles. The maximum atomic E-state index is 12.1. The molecule has 1 aromatic heterocycles. The lowest BCUT2D eigenvalue weighted by Gasteiger charge is -2.09. The van der Waals surface area contributed by atoms with Crippen LogP contribution in [0.3, 0.4) is 0 Å². The van der Waals surface area contributed by atoms with Gasteiger partial charge in [-0.05, 0) is 43.2 Å². The summed E-state index contributed by atoms with van der Waals surface area (Å²) >= 11 is 1.35. The predicted octanol–water partition coefficient (Wildman–Crippen LogP) is 3.86. The van der Waals surface area contributed by atoms with Crippen molar-refractivity contribution in [2.75, 3.05) is 5.75 Å². The summed E-state index contributed by atoms with van der Waals surface area (Å²) in [5.74, 6) is 0.167. The van der Waals surface area contributed by atoms with E-state index in [2.05, 4.69) is 16.5 Å². The molecular formula is C21H22N4O3S. The number of rotatable bonds is 8. The fourth-order valence-corrected chi connectivity index (χ4v) is 3.64. The van der Waals surface area contributed by atoms with Crippen LogP contribution in [0.15, 0.2) is 59.5 Å². The van der Waals surface area contributed by atoms with Crippen molar-refractivity contribution >= 4 is 23.4 Å². The van der Waals surface area contributed by atoms with Crippen LogP contribution in [0.4, 0.5) is 5.69 Å². The number of thioether (sulfide) groups is 1. The molecule has 7 nitrogen and oxygen atoms in total. The van der Waals surface area contributed by atoms with E-state index in [-0.39, 0.29) is 17.3 Å². The normalized spacial score (nSPS) is 10.7. The second-order valence-corrected chi connectivity index (χ2v) is 7.77. The van der Waals surface area contributed by atoms with E-state index >= 15 is 0 Å². The zero-order valence-electron chi connectivity index (χ0n) is 16.3. The number of benzene rings is 2. The average Bonchev–Trinajstić information content (AvgIpc) is 3.02. The smallest absolute Gasteiger partial charge is 0.269 e. The number of nitrogens with zero attached hydrogens (tertiary/aromatic N) is 3. The average molecular weight is 410 g/mol. The first-order chi connectivity index (χ1) is 13.9. The van der Waals surface area contributed by atoms with E-state index in [4.69, 9.17) is 0 Å². The van der Waals surface area contributed by atoms with E-state index in [0.717, 1.165) is 27.4 Å². The number of amides is 1. The number of aromatic nitrogens is 2. The highest BCUT2D eigenvalue weighted by atomic mass is 32.2. The Bertz CT molecular complexity index is 1020. The minimum Gasteiger partial charge on any atom is -0.351 e. The molecule has 1 heterocycles. The highest BCUT2D eigenvalue weighted by molar-refractivity contribution is 8.00. The van der Waals surface area contributed by atoms with Gasteiger partial charge in [0.15, 0.2) is 0 Å². The fraction of sp³-hybridized carbons (Fsp3) is 0.238.